The number of hydrogen-bond acceptors (Lipinski definition) is 3. The molecule has 0 radical (unpaired) electrons. The molecule has 0 atom stereocenters. The van der Waals surface area contributed by atoms with Crippen molar-refractivity contribution in [1.82, 2.24) is 0 Å². The minimum Gasteiger partial charge on any atom is -0.289 e. The summed E-state index contributed by atoms with van der Waals surface area (Å²) in [6.07, 6.45) is 7.78. The average Bonchev–Trinajstić information content (AvgIpc) is 2.32. The third-order valence-electron chi connectivity index (χ3n) is 2.28. The highest BCUT2D eigenvalue weighted by Gasteiger charge is 2.10. The Morgan fingerprint density at radius 3 is 2.59 bits per heavy atom. The van der Waals surface area contributed by atoms with Crippen LogP contribution in [0.5, 0.6) is 0 Å². The van der Waals surface area contributed by atoms with Crippen LogP contribution in [0.15, 0.2) is 60.3 Å². The van der Waals surface area contributed by atoms with Crippen LogP contribution >= 0.6 is 11.6 Å². The molecule has 0 amide bonds. The highest BCUT2D eigenvalue weighted by molar-refractivity contribution is 6.33. The summed E-state index contributed by atoms with van der Waals surface area (Å²) in [6.45, 7) is 0. The summed E-state index contributed by atoms with van der Waals surface area (Å²) in [5.41, 5.74) is 0.826. The van der Waals surface area contributed by atoms with E-state index in [9.17, 15) is 10.0 Å². The molecule has 0 aromatic heterocycles. The van der Waals surface area contributed by atoms with E-state index in [-0.39, 0.29) is 5.78 Å². The third kappa shape index (κ3) is 2.64. The molecule has 17 heavy (non-hydrogen) atoms. The van der Waals surface area contributed by atoms with E-state index in [0.29, 0.717) is 16.3 Å². The molecule has 4 heteroatoms. The van der Waals surface area contributed by atoms with Gasteiger partial charge in [-0.2, -0.15) is 0 Å². The number of hydrogen-bond donors (Lipinski definition) is 1. The number of carbonyl (C=O) groups excluding carboxylic acids is 1. The smallest absolute Gasteiger partial charge is 0.187 e. The van der Waals surface area contributed by atoms with E-state index in [1.54, 1.807) is 42.5 Å². The van der Waals surface area contributed by atoms with Gasteiger partial charge in [-0.15, -0.1) is 0 Å². The van der Waals surface area contributed by atoms with Crippen molar-refractivity contribution >= 4 is 23.1 Å². The van der Waals surface area contributed by atoms with E-state index in [0.717, 1.165) is 5.06 Å². The second-order valence-corrected chi connectivity index (χ2v) is 3.87. The van der Waals surface area contributed by atoms with Crippen LogP contribution in [0.4, 0.5) is 5.69 Å². The highest BCUT2D eigenvalue weighted by atomic mass is 35.5. The number of nitrogens with zero attached hydrogens (tertiary/aromatic N) is 1. The Hall–Kier alpha value is -1.84. The molecule has 1 aliphatic carbocycles. The molecule has 1 aromatic rings. The van der Waals surface area contributed by atoms with Gasteiger partial charge in [0.1, 0.15) is 0 Å². The molecule has 0 saturated carbocycles. The molecule has 0 bridgehead atoms. The average molecular weight is 248 g/mol. The summed E-state index contributed by atoms with van der Waals surface area (Å²) in [6, 6.07) is 6.84. The molecule has 0 aliphatic heterocycles. The molecule has 0 fully saturated rings. The van der Waals surface area contributed by atoms with Crippen molar-refractivity contribution in [2.75, 3.05) is 5.06 Å². The maximum absolute atomic E-state index is 11.5. The molecule has 1 aromatic carbocycles. The second kappa shape index (κ2) is 4.99. The molecule has 86 valence electrons. The van der Waals surface area contributed by atoms with E-state index >= 15 is 0 Å². The summed E-state index contributed by atoms with van der Waals surface area (Å²) < 4.78 is 0. The lowest BCUT2D eigenvalue weighted by Crippen LogP contribution is -2.13. The summed E-state index contributed by atoms with van der Waals surface area (Å²) in [7, 11) is 0. The Morgan fingerprint density at radius 2 is 1.88 bits per heavy atom. The molecule has 0 heterocycles. The predicted molar refractivity (Wildman–Crippen MR) is 67.1 cm³/mol. The van der Waals surface area contributed by atoms with Gasteiger partial charge in [0, 0.05) is 11.8 Å². The first-order chi connectivity index (χ1) is 8.18. The number of carbonyl (C=O) groups is 1. The standard InChI is InChI=1S/C13H10ClNO2/c14-11-6-2-3-7-12(11)15(17)9-10-5-1-4-8-13(10)16/h1-9,17H/b10-9+. The van der Waals surface area contributed by atoms with Crippen LogP contribution in [0.2, 0.25) is 5.02 Å². The summed E-state index contributed by atoms with van der Waals surface area (Å²) >= 11 is 5.93. The topological polar surface area (TPSA) is 40.5 Å². The van der Waals surface area contributed by atoms with E-state index < -0.39 is 0 Å². The molecule has 0 saturated heterocycles. The first-order valence-corrected chi connectivity index (χ1v) is 5.40. The van der Waals surface area contributed by atoms with Crippen molar-refractivity contribution in [3.63, 3.8) is 0 Å². The Labute approximate surface area is 104 Å². The number of benzene rings is 1. The zero-order valence-corrected chi connectivity index (χ0v) is 9.63. The molecular weight excluding hydrogens is 238 g/mol. The molecule has 0 spiro atoms. The van der Waals surface area contributed by atoms with E-state index in [1.807, 2.05) is 0 Å². The van der Waals surface area contributed by atoms with E-state index in [4.69, 9.17) is 11.6 Å². The number of para-hydroxylation sites is 1. The van der Waals surface area contributed by atoms with Crippen molar-refractivity contribution in [3.8, 4) is 0 Å². The van der Waals surface area contributed by atoms with Crippen molar-refractivity contribution in [3.05, 3.63) is 65.4 Å². The normalized spacial score (nSPS) is 16.6. The molecule has 2 rings (SSSR count). The SMILES string of the molecule is O=C1C=CC=C/C1=C\N(O)c1ccccc1Cl. The minimum absolute atomic E-state index is 0.154. The van der Waals surface area contributed by atoms with Crippen molar-refractivity contribution in [2.24, 2.45) is 0 Å². The number of allylic oxidation sites excluding steroid dienone is 5. The van der Waals surface area contributed by atoms with Crippen LogP contribution in [0.1, 0.15) is 0 Å². The van der Waals surface area contributed by atoms with Crippen LogP contribution < -0.4 is 5.06 Å². The first kappa shape index (κ1) is 11.6. The van der Waals surface area contributed by atoms with E-state index in [1.165, 1.54) is 12.3 Å². The van der Waals surface area contributed by atoms with Crippen LogP contribution in [0, 0.1) is 0 Å². The number of anilines is 1. The van der Waals surface area contributed by atoms with Gasteiger partial charge in [0.05, 0.1) is 10.7 Å². The van der Waals surface area contributed by atoms with Crippen LogP contribution in [-0.4, -0.2) is 11.0 Å². The van der Waals surface area contributed by atoms with Crippen LogP contribution in [0.3, 0.4) is 0 Å². The third-order valence-corrected chi connectivity index (χ3v) is 2.60. The maximum Gasteiger partial charge on any atom is 0.187 e. The fraction of sp³-hybridized carbons (Fsp3) is 0. The molecule has 0 unspecified atom stereocenters. The fourth-order valence-electron chi connectivity index (χ4n) is 1.43. The van der Waals surface area contributed by atoms with Crippen molar-refractivity contribution < 1.29 is 10.0 Å². The lowest BCUT2D eigenvalue weighted by atomic mass is 10.1. The van der Waals surface area contributed by atoms with Gasteiger partial charge in [-0.3, -0.25) is 10.0 Å². The Morgan fingerprint density at radius 1 is 1.18 bits per heavy atom. The zero-order valence-electron chi connectivity index (χ0n) is 8.88. The number of hydroxylamine groups is 1. The van der Waals surface area contributed by atoms with Crippen molar-refractivity contribution in [1.29, 1.82) is 0 Å². The number of rotatable bonds is 2. The van der Waals surface area contributed by atoms with Crippen molar-refractivity contribution in [2.45, 2.75) is 0 Å². The monoisotopic (exact) mass is 247 g/mol. The fourth-order valence-corrected chi connectivity index (χ4v) is 1.65. The van der Waals surface area contributed by atoms with Gasteiger partial charge in [0.25, 0.3) is 0 Å². The van der Waals surface area contributed by atoms with Gasteiger partial charge < -0.3 is 0 Å². The Balaban J connectivity index is 2.28. The Bertz CT molecular complexity index is 532. The summed E-state index contributed by atoms with van der Waals surface area (Å²) in [5.74, 6) is -0.154. The zero-order chi connectivity index (χ0) is 12.3. The van der Waals surface area contributed by atoms with Gasteiger partial charge in [-0.1, -0.05) is 35.9 Å². The lowest BCUT2D eigenvalue weighted by molar-refractivity contribution is -0.111. The largest absolute Gasteiger partial charge is 0.289 e. The molecule has 3 nitrogen and oxygen atoms in total. The minimum atomic E-state index is -0.154. The molecular formula is C13H10ClNO2. The summed E-state index contributed by atoms with van der Waals surface area (Å²) in [4.78, 5) is 11.5. The van der Waals surface area contributed by atoms with Crippen LogP contribution in [-0.2, 0) is 4.79 Å². The number of halogens is 1. The van der Waals surface area contributed by atoms with Gasteiger partial charge in [-0.25, -0.2) is 5.06 Å². The lowest BCUT2D eigenvalue weighted by Gasteiger charge is -2.14. The summed E-state index contributed by atoms with van der Waals surface area (Å²) in [5, 5.41) is 11.1. The first-order valence-electron chi connectivity index (χ1n) is 5.02. The number of ketones is 1. The van der Waals surface area contributed by atoms with Gasteiger partial charge >= 0.3 is 0 Å². The Kier molecular flexibility index (Phi) is 3.42. The molecule has 1 N–H and O–H groups in total. The molecule has 1 aliphatic rings. The quantitative estimate of drug-likeness (QED) is 0.645. The van der Waals surface area contributed by atoms with Gasteiger partial charge in [-0.05, 0) is 24.3 Å². The second-order valence-electron chi connectivity index (χ2n) is 3.46. The predicted octanol–water partition coefficient (Wildman–Crippen LogP) is 3.11. The maximum atomic E-state index is 11.5. The van der Waals surface area contributed by atoms with E-state index in [2.05, 4.69) is 0 Å². The van der Waals surface area contributed by atoms with Gasteiger partial charge in [0.15, 0.2) is 5.78 Å². The van der Waals surface area contributed by atoms with Crippen LogP contribution in [0.25, 0.3) is 0 Å². The highest BCUT2D eigenvalue weighted by Crippen LogP contribution is 2.24. The van der Waals surface area contributed by atoms with Gasteiger partial charge in [0.2, 0.25) is 0 Å².